The molecule has 0 heterocycles. The zero-order valence-corrected chi connectivity index (χ0v) is 17.6. The average Bonchev–Trinajstić information content (AvgIpc) is 2.70. The van der Waals surface area contributed by atoms with E-state index in [1.807, 2.05) is 31.2 Å². The predicted octanol–water partition coefficient (Wildman–Crippen LogP) is 5.26. The van der Waals surface area contributed by atoms with Crippen LogP contribution in [0.1, 0.15) is 28.4 Å². The molecule has 0 saturated carbocycles. The highest BCUT2D eigenvalue weighted by molar-refractivity contribution is 7.92. The lowest BCUT2D eigenvalue weighted by Crippen LogP contribution is -2.16. The highest BCUT2D eigenvalue weighted by atomic mass is 35.5. The van der Waals surface area contributed by atoms with Gasteiger partial charge in [0.2, 0.25) is 0 Å². The Labute approximate surface area is 175 Å². The van der Waals surface area contributed by atoms with E-state index in [0.717, 1.165) is 17.7 Å². The van der Waals surface area contributed by atoms with Crippen LogP contribution in [0.4, 0.5) is 11.4 Å². The van der Waals surface area contributed by atoms with Gasteiger partial charge in [-0.25, -0.2) is 8.42 Å². The molecule has 0 fully saturated rings. The molecule has 0 unspecified atom stereocenters. The fourth-order valence-electron chi connectivity index (χ4n) is 2.84. The van der Waals surface area contributed by atoms with Crippen molar-refractivity contribution in [3.8, 4) is 0 Å². The number of nitrogens with one attached hydrogen (secondary N) is 2. The van der Waals surface area contributed by atoms with E-state index in [2.05, 4.69) is 10.0 Å². The smallest absolute Gasteiger partial charge is 0.261 e. The van der Waals surface area contributed by atoms with Crippen molar-refractivity contribution in [3.05, 3.63) is 88.4 Å². The number of hydrogen-bond acceptors (Lipinski definition) is 3. The van der Waals surface area contributed by atoms with Crippen molar-refractivity contribution in [3.63, 3.8) is 0 Å². The van der Waals surface area contributed by atoms with Gasteiger partial charge < -0.3 is 5.32 Å². The van der Waals surface area contributed by atoms with Crippen molar-refractivity contribution in [1.82, 2.24) is 0 Å². The fourth-order valence-corrected chi connectivity index (χ4v) is 4.08. The standard InChI is InChI=1S/C22H21ClN2O3S/c1-3-16-6-4-5-7-20(16)24-22(26)17-9-8-15(2)21(14-17)25-29(27,28)19-12-10-18(23)11-13-19/h4-14,25H,3H2,1-2H3,(H,24,26). The lowest BCUT2D eigenvalue weighted by atomic mass is 10.1. The van der Waals surface area contributed by atoms with E-state index in [0.29, 0.717) is 21.8 Å². The number of rotatable bonds is 6. The third kappa shape index (κ3) is 4.96. The Balaban J connectivity index is 1.86. The molecule has 3 aromatic rings. The molecule has 0 aliphatic rings. The maximum atomic E-state index is 12.7. The van der Waals surface area contributed by atoms with E-state index in [9.17, 15) is 13.2 Å². The maximum absolute atomic E-state index is 12.7. The number of carbonyl (C=O) groups is 1. The van der Waals surface area contributed by atoms with Gasteiger partial charge in [-0.1, -0.05) is 42.8 Å². The first-order valence-electron chi connectivity index (χ1n) is 9.08. The molecule has 0 saturated heterocycles. The van der Waals surface area contributed by atoms with Crippen molar-refractivity contribution < 1.29 is 13.2 Å². The zero-order chi connectivity index (χ0) is 21.0. The van der Waals surface area contributed by atoms with E-state index in [1.54, 1.807) is 19.1 Å². The van der Waals surface area contributed by atoms with E-state index in [-0.39, 0.29) is 10.8 Å². The van der Waals surface area contributed by atoms with E-state index < -0.39 is 10.0 Å². The molecule has 7 heteroatoms. The molecule has 5 nitrogen and oxygen atoms in total. The molecule has 1 amide bonds. The van der Waals surface area contributed by atoms with Gasteiger partial charge in [0, 0.05) is 16.3 Å². The zero-order valence-electron chi connectivity index (χ0n) is 16.1. The van der Waals surface area contributed by atoms with E-state index in [1.165, 1.54) is 30.3 Å². The summed E-state index contributed by atoms with van der Waals surface area (Å²) >= 11 is 5.83. The third-order valence-electron chi connectivity index (χ3n) is 4.51. The molecular formula is C22H21ClN2O3S. The number of aryl methyl sites for hydroxylation is 2. The van der Waals surface area contributed by atoms with Crippen LogP contribution < -0.4 is 10.0 Å². The van der Waals surface area contributed by atoms with Gasteiger partial charge in [0.05, 0.1) is 10.6 Å². The van der Waals surface area contributed by atoms with Crippen molar-refractivity contribution in [2.75, 3.05) is 10.0 Å². The second-order valence-electron chi connectivity index (χ2n) is 6.55. The molecular weight excluding hydrogens is 408 g/mol. The predicted molar refractivity (Wildman–Crippen MR) is 117 cm³/mol. The summed E-state index contributed by atoms with van der Waals surface area (Å²) in [6.45, 7) is 3.79. The van der Waals surface area contributed by atoms with Crippen molar-refractivity contribution >= 4 is 38.9 Å². The molecule has 0 atom stereocenters. The lowest BCUT2D eigenvalue weighted by Gasteiger charge is -2.13. The first kappa shape index (κ1) is 20.9. The number of para-hydroxylation sites is 1. The molecule has 150 valence electrons. The Kier molecular flexibility index (Phi) is 6.25. The summed E-state index contributed by atoms with van der Waals surface area (Å²) in [6, 6.07) is 18.4. The summed E-state index contributed by atoms with van der Waals surface area (Å²) in [5, 5.41) is 3.34. The van der Waals surface area contributed by atoms with Crippen LogP contribution >= 0.6 is 11.6 Å². The Morgan fingerprint density at radius 3 is 2.34 bits per heavy atom. The Morgan fingerprint density at radius 1 is 0.966 bits per heavy atom. The second-order valence-corrected chi connectivity index (χ2v) is 8.67. The first-order chi connectivity index (χ1) is 13.8. The molecule has 0 bridgehead atoms. The first-order valence-corrected chi connectivity index (χ1v) is 10.9. The average molecular weight is 429 g/mol. The van der Waals surface area contributed by atoms with Gasteiger partial charge in [0.15, 0.2) is 0 Å². The second kappa shape index (κ2) is 8.68. The summed E-state index contributed by atoms with van der Waals surface area (Å²) in [6.07, 6.45) is 0.788. The number of carbonyl (C=O) groups excluding carboxylic acids is 1. The monoisotopic (exact) mass is 428 g/mol. The highest BCUT2D eigenvalue weighted by Gasteiger charge is 2.17. The van der Waals surface area contributed by atoms with Crippen LogP contribution in [0.2, 0.25) is 5.02 Å². The number of hydrogen-bond donors (Lipinski definition) is 2. The molecule has 0 aromatic heterocycles. The summed E-state index contributed by atoms with van der Waals surface area (Å²) < 4.78 is 27.9. The van der Waals surface area contributed by atoms with Crippen LogP contribution in [0.15, 0.2) is 71.6 Å². The minimum Gasteiger partial charge on any atom is -0.322 e. The van der Waals surface area contributed by atoms with Crippen molar-refractivity contribution in [1.29, 1.82) is 0 Å². The van der Waals surface area contributed by atoms with Gasteiger partial charge in [-0.2, -0.15) is 0 Å². The molecule has 2 N–H and O–H groups in total. The molecule has 29 heavy (non-hydrogen) atoms. The van der Waals surface area contributed by atoms with Crippen molar-refractivity contribution in [2.45, 2.75) is 25.2 Å². The maximum Gasteiger partial charge on any atom is 0.261 e. The lowest BCUT2D eigenvalue weighted by molar-refractivity contribution is 0.102. The van der Waals surface area contributed by atoms with Crippen LogP contribution in [-0.2, 0) is 16.4 Å². The van der Waals surface area contributed by atoms with Gasteiger partial charge in [0.1, 0.15) is 0 Å². The molecule has 0 radical (unpaired) electrons. The molecule has 3 rings (SSSR count). The van der Waals surface area contributed by atoms with Gasteiger partial charge in [-0.3, -0.25) is 9.52 Å². The van der Waals surface area contributed by atoms with Crippen LogP contribution in [0.25, 0.3) is 0 Å². The number of amides is 1. The minimum absolute atomic E-state index is 0.0908. The summed E-state index contributed by atoms with van der Waals surface area (Å²) in [4.78, 5) is 12.8. The van der Waals surface area contributed by atoms with Gasteiger partial charge in [-0.05, 0) is 66.9 Å². The van der Waals surface area contributed by atoms with Crippen LogP contribution in [0.3, 0.4) is 0 Å². The SMILES string of the molecule is CCc1ccccc1NC(=O)c1ccc(C)c(NS(=O)(=O)c2ccc(Cl)cc2)c1. The van der Waals surface area contributed by atoms with E-state index >= 15 is 0 Å². The molecule has 0 spiro atoms. The molecule has 0 aliphatic heterocycles. The molecule has 3 aromatic carbocycles. The molecule has 0 aliphatic carbocycles. The quantitative estimate of drug-likeness (QED) is 0.562. The Morgan fingerprint density at radius 2 is 1.66 bits per heavy atom. The normalized spacial score (nSPS) is 11.1. The summed E-state index contributed by atoms with van der Waals surface area (Å²) in [7, 11) is -3.80. The number of benzene rings is 3. The largest absolute Gasteiger partial charge is 0.322 e. The van der Waals surface area contributed by atoms with Gasteiger partial charge >= 0.3 is 0 Å². The van der Waals surface area contributed by atoms with Crippen LogP contribution in [0.5, 0.6) is 0 Å². The van der Waals surface area contributed by atoms with E-state index in [4.69, 9.17) is 11.6 Å². The number of halogens is 1. The topological polar surface area (TPSA) is 75.3 Å². The number of anilines is 2. The van der Waals surface area contributed by atoms with Crippen LogP contribution in [-0.4, -0.2) is 14.3 Å². The number of sulfonamides is 1. The highest BCUT2D eigenvalue weighted by Crippen LogP contribution is 2.23. The van der Waals surface area contributed by atoms with Gasteiger partial charge in [-0.15, -0.1) is 0 Å². The fraction of sp³-hybridized carbons (Fsp3) is 0.136. The van der Waals surface area contributed by atoms with Gasteiger partial charge in [0.25, 0.3) is 15.9 Å². The minimum atomic E-state index is -3.80. The summed E-state index contributed by atoms with van der Waals surface area (Å²) in [5.74, 6) is -0.308. The third-order valence-corrected chi connectivity index (χ3v) is 6.15. The van der Waals surface area contributed by atoms with Crippen molar-refractivity contribution in [2.24, 2.45) is 0 Å². The Bertz CT molecular complexity index is 1140. The summed E-state index contributed by atoms with van der Waals surface area (Å²) in [5.41, 5.74) is 3.17. The van der Waals surface area contributed by atoms with Crippen LogP contribution in [0, 0.1) is 6.92 Å². The Hall–Kier alpha value is -2.83.